The second-order valence-corrected chi connectivity index (χ2v) is 4.67. The number of nitriles is 1. The summed E-state index contributed by atoms with van der Waals surface area (Å²) in [6.45, 7) is 8.07. The van der Waals surface area contributed by atoms with Crippen molar-refractivity contribution < 1.29 is 0 Å². The van der Waals surface area contributed by atoms with Crippen LogP contribution >= 0.6 is 0 Å². The van der Waals surface area contributed by atoms with Gasteiger partial charge in [0, 0.05) is 31.9 Å². The van der Waals surface area contributed by atoms with Crippen LogP contribution in [0.4, 0.5) is 5.69 Å². The lowest BCUT2D eigenvalue weighted by atomic mass is 10.2. The monoisotopic (exact) mass is 229 g/mol. The number of nitrogens with zero attached hydrogens (tertiary/aromatic N) is 3. The molecule has 0 aromatic heterocycles. The molecule has 0 unspecified atom stereocenters. The van der Waals surface area contributed by atoms with Crippen LogP contribution in [0.1, 0.15) is 12.5 Å². The van der Waals surface area contributed by atoms with Crippen molar-refractivity contribution in [1.82, 2.24) is 4.90 Å². The lowest BCUT2D eigenvalue weighted by Crippen LogP contribution is -2.49. The molecule has 1 atom stereocenters. The van der Waals surface area contributed by atoms with Gasteiger partial charge >= 0.3 is 0 Å². The van der Waals surface area contributed by atoms with Crippen LogP contribution < -0.4 is 4.90 Å². The summed E-state index contributed by atoms with van der Waals surface area (Å²) in [5, 5.41) is 8.90. The van der Waals surface area contributed by atoms with Crippen LogP contribution in [-0.4, -0.2) is 37.1 Å². The minimum atomic E-state index is 0.0367. The highest BCUT2D eigenvalue weighted by atomic mass is 15.3. The molecule has 0 N–H and O–H groups in total. The smallest absolute Gasteiger partial charge is 0.0950 e. The van der Waals surface area contributed by atoms with Crippen molar-refractivity contribution in [2.24, 2.45) is 0 Å². The molecule has 0 radical (unpaired) electrons. The summed E-state index contributed by atoms with van der Waals surface area (Å²) >= 11 is 0. The second-order valence-electron chi connectivity index (χ2n) is 4.67. The Bertz CT molecular complexity index is 414. The van der Waals surface area contributed by atoms with E-state index in [4.69, 9.17) is 5.26 Å². The van der Waals surface area contributed by atoms with E-state index in [9.17, 15) is 0 Å². The number of benzene rings is 1. The van der Waals surface area contributed by atoms with Crippen molar-refractivity contribution in [3.63, 3.8) is 0 Å². The average Bonchev–Trinajstić information content (AvgIpc) is 2.38. The first kappa shape index (κ1) is 11.9. The zero-order valence-electron chi connectivity index (χ0n) is 10.6. The summed E-state index contributed by atoms with van der Waals surface area (Å²) in [4.78, 5) is 4.64. The van der Waals surface area contributed by atoms with Gasteiger partial charge in [-0.05, 0) is 31.5 Å². The lowest BCUT2D eigenvalue weighted by Gasteiger charge is -2.37. The zero-order valence-corrected chi connectivity index (χ0v) is 10.6. The molecule has 1 aliphatic rings. The molecular weight excluding hydrogens is 210 g/mol. The van der Waals surface area contributed by atoms with E-state index >= 15 is 0 Å². The van der Waals surface area contributed by atoms with Crippen LogP contribution in [0.15, 0.2) is 24.3 Å². The Balaban J connectivity index is 1.98. The summed E-state index contributed by atoms with van der Waals surface area (Å²) in [5.41, 5.74) is 2.60. The molecular formula is C14H19N3. The minimum absolute atomic E-state index is 0.0367. The van der Waals surface area contributed by atoms with E-state index in [0.717, 1.165) is 26.2 Å². The molecule has 0 spiro atoms. The molecule has 1 saturated heterocycles. The van der Waals surface area contributed by atoms with Crippen LogP contribution in [0.2, 0.25) is 0 Å². The van der Waals surface area contributed by atoms with Gasteiger partial charge in [0.25, 0.3) is 0 Å². The Morgan fingerprint density at radius 2 is 1.94 bits per heavy atom. The molecule has 90 valence electrons. The van der Waals surface area contributed by atoms with Crippen molar-refractivity contribution >= 4 is 5.69 Å². The fourth-order valence-corrected chi connectivity index (χ4v) is 2.27. The number of anilines is 1. The van der Waals surface area contributed by atoms with Crippen molar-refractivity contribution in [2.45, 2.75) is 19.9 Å². The molecule has 1 aliphatic heterocycles. The summed E-state index contributed by atoms with van der Waals surface area (Å²) in [6.07, 6.45) is 0. The molecule has 1 heterocycles. The van der Waals surface area contributed by atoms with Crippen molar-refractivity contribution in [3.05, 3.63) is 29.8 Å². The van der Waals surface area contributed by atoms with Crippen molar-refractivity contribution in [1.29, 1.82) is 5.26 Å². The Morgan fingerprint density at radius 3 is 2.53 bits per heavy atom. The fourth-order valence-electron chi connectivity index (χ4n) is 2.27. The van der Waals surface area contributed by atoms with Gasteiger partial charge in [-0.3, -0.25) is 4.90 Å². The highest BCUT2D eigenvalue weighted by Crippen LogP contribution is 2.18. The number of rotatable bonds is 2. The van der Waals surface area contributed by atoms with Crippen molar-refractivity contribution in [3.8, 4) is 6.07 Å². The molecule has 0 saturated carbocycles. The Hall–Kier alpha value is -1.53. The van der Waals surface area contributed by atoms with Gasteiger partial charge in [0.1, 0.15) is 0 Å². The van der Waals surface area contributed by atoms with Gasteiger partial charge in [-0.25, -0.2) is 0 Å². The van der Waals surface area contributed by atoms with E-state index in [1.54, 1.807) is 0 Å². The summed E-state index contributed by atoms with van der Waals surface area (Å²) in [5.74, 6) is 0. The van der Waals surface area contributed by atoms with Crippen LogP contribution in [0, 0.1) is 18.3 Å². The predicted molar refractivity (Wildman–Crippen MR) is 70.0 cm³/mol. The van der Waals surface area contributed by atoms with Gasteiger partial charge in [-0.2, -0.15) is 5.26 Å². The van der Waals surface area contributed by atoms with Gasteiger partial charge in [-0.1, -0.05) is 12.1 Å². The lowest BCUT2D eigenvalue weighted by molar-refractivity contribution is 0.231. The number of aryl methyl sites for hydroxylation is 1. The van der Waals surface area contributed by atoms with E-state index in [0.29, 0.717) is 0 Å². The predicted octanol–water partition coefficient (Wildman–Crippen LogP) is 2.03. The number of hydrogen-bond acceptors (Lipinski definition) is 3. The van der Waals surface area contributed by atoms with Crippen molar-refractivity contribution in [2.75, 3.05) is 31.1 Å². The number of hydrogen-bond donors (Lipinski definition) is 0. The largest absolute Gasteiger partial charge is 0.369 e. The third kappa shape index (κ3) is 2.78. The average molecular weight is 229 g/mol. The molecule has 1 aromatic carbocycles. The van der Waals surface area contributed by atoms with E-state index in [1.807, 2.05) is 6.92 Å². The van der Waals surface area contributed by atoms with Gasteiger partial charge in [0.15, 0.2) is 0 Å². The molecule has 1 fully saturated rings. The maximum absolute atomic E-state index is 8.90. The first-order valence-corrected chi connectivity index (χ1v) is 6.16. The summed E-state index contributed by atoms with van der Waals surface area (Å²) < 4.78 is 0. The van der Waals surface area contributed by atoms with E-state index in [1.165, 1.54) is 11.3 Å². The maximum Gasteiger partial charge on any atom is 0.0950 e. The summed E-state index contributed by atoms with van der Waals surface area (Å²) in [7, 11) is 0. The molecule has 0 amide bonds. The van der Waals surface area contributed by atoms with E-state index in [-0.39, 0.29) is 6.04 Å². The molecule has 0 aliphatic carbocycles. The Labute approximate surface area is 103 Å². The van der Waals surface area contributed by atoms with E-state index in [2.05, 4.69) is 47.1 Å². The van der Waals surface area contributed by atoms with Gasteiger partial charge in [-0.15, -0.1) is 0 Å². The maximum atomic E-state index is 8.90. The normalized spacial score (nSPS) is 18.8. The third-order valence-corrected chi connectivity index (χ3v) is 3.42. The molecule has 17 heavy (non-hydrogen) atoms. The second kappa shape index (κ2) is 5.20. The first-order valence-electron chi connectivity index (χ1n) is 6.16. The van der Waals surface area contributed by atoms with Gasteiger partial charge in [0.05, 0.1) is 12.1 Å². The Morgan fingerprint density at radius 1 is 1.24 bits per heavy atom. The van der Waals surface area contributed by atoms with Gasteiger partial charge in [0.2, 0.25) is 0 Å². The Kier molecular flexibility index (Phi) is 3.65. The number of piperazine rings is 1. The molecule has 3 nitrogen and oxygen atoms in total. The third-order valence-electron chi connectivity index (χ3n) is 3.42. The van der Waals surface area contributed by atoms with Gasteiger partial charge < -0.3 is 4.90 Å². The first-order chi connectivity index (χ1) is 8.20. The van der Waals surface area contributed by atoms with Crippen LogP contribution in [0.5, 0.6) is 0 Å². The molecule has 1 aromatic rings. The van der Waals surface area contributed by atoms with Crippen LogP contribution in [0.3, 0.4) is 0 Å². The van der Waals surface area contributed by atoms with Crippen LogP contribution in [-0.2, 0) is 0 Å². The molecule has 0 bridgehead atoms. The highest BCUT2D eigenvalue weighted by molar-refractivity contribution is 5.48. The minimum Gasteiger partial charge on any atom is -0.369 e. The quantitative estimate of drug-likeness (QED) is 0.777. The highest BCUT2D eigenvalue weighted by Gasteiger charge is 2.20. The molecule has 2 rings (SSSR count). The standard InChI is InChI=1S/C14H19N3/c1-12-4-3-5-14(10-12)17-8-6-16(7-9-17)13(2)11-15/h3-5,10,13H,6-9H2,1-2H3/t13-/m1/s1. The van der Waals surface area contributed by atoms with E-state index < -0.39 is 0 Å². The van der Waals surface area contributed by atoms with Crippen LogP contribution in [0.25, 0.3) is 0 Å². The summed E-state index contributed by atoms with van der Waals surface area (Å²) in [6, 6.07) is 11.0. The molecule has 3 heteroatoms. The zero-order chi connectivity index (χ0) is 12.3. The fraction of sp³-hybridized carbons (Fsp3) is 0.500. The SMILES string of the molecule is Cc1cccc(N2CCN([C@H](C)C#N)CC2)c1. The topological polar surface area (TPSA) is 30.3 Å².